The van der Waals surface area contributed by atoms with Crippen LogP contribution in [0.2, 0.25) is 5.15 Å². The Hall–Kier alpha value is -1.34. The normalized spacial score (nSPS) is 15.1. The summed E-state index contributed by atoms with van der Waals surface area (Å²) in [4.78, 5) is 8.45. The quantitative estimate of drug-likeness (QED) is 0.281. The van der Waals surface area contributed by atoms with Crippen LogP contribution in [0.15, 0.2) is 47.6 Å². The van der Waals surface area contributed by atoms with E-state index in [-0.39, 0.29) is 29.4 Å². The number of rotatable bonds is 6. The van der Waals surface area contributed by atoms with Crippen molar-refractivity contribution in [3.8, 4) is 0 Å². The average Bonchev–Trinajstić information content (AvgIpc) is 3.41. The van der Waals surface area contributed by atoms with E-state index in [0.717, 1.165) is 31.0 Å². The van der Waals surface area contributed by atoms with Crippen molar-refractivity contribution in [1.29, 1.82) is 0 Å². The predicted octanol–water partition coefficient (Wildman–Crippen LogP) is 4.10. The Morgan fingerprint density at radius 2 is 1.96 bits per heavy atom. The van der Waals surface area contributed by atoms with Crippen molar-refractivity contribution in [3.05, 3.63) is 64.4 Å². The van der Waals surface area contributed by atoms with E-state index >= 15 is 0 Å². The van der Waals surface area contributed by atoms with E-state index in [1.54, 1.807) is 0 Å². The molecular formula is C20H26ClIN4. The van der Waals surface area contributed by atoms with E-state index in [0.29, 0.717) is 5.15 Å². The standard InChI is InChI=1S/C20H25ClN4.HI/c1-15-5-3-4-6-17(15)20(10-11-20)14-25-19(22-2)23-12-9-16-7-8-18(21)24-13-16;/h3-8,13H,9-12,14H2,1-2H3,(H2,22,23,25);1H. The Morgan fingerprint density at radius 1 is 1.19 bits per heavy atom. The number of hydrogen-bond acceptors (Lipinski definition) is 2. The van der Waals surface area contributed by atoms with E-state index in [4.69, 9.17) is 11.6 Å². The van der Waals surface area contributed by atoms with Crippen LogP contribution in [0.5, 0.6) is 0 Å². The third-order valence-electron chi connectivity index (χ3n) is 4.88. The van der Waals surface area contributed by atoms with Gasteiger partial charge in [-0.3, -0.25) is 4.99 Å². The lowest BCUT2D eigenvalue weighted by atomic mass is 9.92. The van der Waals surface area contributed by atoms with Gasteiger partial charge in [0, 0.05) is 31.7 Å². The summed E-state index contributed by atoms with van der Waals surface area (Å²) in [7, 11) is 1.81. The molecule has 2 aromatic rings. The number of pyridine rings is 1. The number of guanidine groups is 1. The molecule has 0 atom stereocenters. The molecule has 1 aliphatic rings. The minimum Gasteiger partial charge on any atom is -0.356 e. The predicted molar refractivity (Wildman–Crippen MR) is 120 cm³/mol. The fourth-order valence-electron chi connectivity index (χ4n) is 3.21. The van der Waals surface area contributed by atoms with Gasteiger partial charge in [0.05, 0.1) is 0 Å². The zero-order valence-corrected chi connectivity index (χ0v) is 18.3. The molecule has 0 unspecified atom stereocenters. The highest BCUT2D eigenvalue weighted by molar-refractivity contribution is 14.0. The topological polar surface area (TPSA) is 49.3 Å². The summed E-state index contributed by atoms with van der Waals surface area (Å²) in [5.74, 6) is 0.849. The van der Waals surface area contributed by atoms with Gasteiger partial charge in [-0.25, -0.2) is 4.98 Å². The molecule has 1 aromatic carbocycles. The molecule has 0 aliphatic heterocycles. The van der Waals surface area contributed by atoms with Gasteiger partial charge in [0.1, 0.15) is 5.15 Å². The van der Waals surface area contributed by atoms with Crippen molar-refractivity contribution >= 4 is 41.5 Å². The third-order valence-corrected chi connectivity index (χ3v) is 5.11. The molecule has 1 aromatic heterocycles. The summed E-state index contributed by atoms with van der Waals surface area (Å²) >= 11 is 5.81. The van der Waals surface area contributed by atoms with Crippen LogP contribution in [-0.4, -0.2) is 31.1 Å². The minimum atomic E-state index is 0. The van der Waals surface area contributed by atoms with Crippen molar-refractivity contribution in [2.75, 3.05) is 20.1 Å². The molecule has 0 saturated heterocycles. The maximum Gasteiger partial charge on any atom is 0.191 e. The van der Waals surface area contributed by atoms with Crippen molar-refractivity contribution in [2.24, 2.45) is 4.99 Å². The summed E-state index contributed by atoms with van der Waals surface area (Å²) in [6.07, 6.45) is 5.17. The van der Waals surface area contributed by atoms with Crippen molar-refractivity contribution < 1.29 is 0 Å². The van der Waals surface area contributed by atoms with E-state index in [2.05, 4.69) is 51.8 Å². The number of nitrogens with one attached hydrogen (secondary N) is 2. The first-order valence-corrected chi connectivity index (χ1v) is 9.12. The Labute approximate surface area is 177 Å². The van der Waals surface area contributed by atoms with Crippen LogP contribution in [0.25, 0.3) is 0 Å². The number of benzene rings is 1. The second kappa shape index (κ2) is 9.55. The molecule has 6 heteroatoms. The van der Waals surface area contributed by atoms with Crippen LogP contribution >= 0.6 is 35.6 Å². The maximum atomic E-state index is 5.81. The van der Waals surface area contributed by atoms with Gasteiger partial charge >= 0.3 is 0 Å². The molecule has 1 aliphatic carbocycles. The molecule has 1 heterocycles. The second-order valence-corrected chi connectivity index (χ2v) is 7.07. The average molecular weight is 485 g/mol. The van der Waals surface area contributed by atoms with Crippen LogP contribution in [0.3, 0.4) is 0 Å². The molecule has 0 radical (unpaired) electrons. The van der Waals surface area contributed by atoms with E-state index in [9.17, 15) is 0 Å². The first-order chi connectivity index (χ1) is 12.1. The van der Waals surface area contributed by atoms with Crippen LogP contribution in [0.4, 0.5) is 0 Å². The van der Waals surface area contributed by atoms with Crippen LogP contribution in [-0.2, 0) is 11.8 Å². The summed E-state index contributed by atoms with van der Waals surface area (Å²) in [6.45, 7) is 3.92. The number of halogens is 2. The van der Waals surface area contributed by atoms with Gasteiger partial charge in [-0.15, -0.1) is 24.0 Å². The molecule has 2 N–H and O–H groups in total. The molecule has 140 valence electrons. The first-order valence-electron chi connectivity index (χ1n) is 8.74. The smallest absolute Gasteiger partial charge is 0.191 e. The van der Waals surface area contributed by atoms with Crippen LogP contribution in [0, 0.1) is 6.92 Å². The fraction of sp³-hybridized carbons (Fsp3) is 0.400. The highest BCUT2D eigenvalue weighted by Gasteiger charge is 2.44. The van der Waals surface area contributed by atoms with Crippen molar-refractivity contribution in [2.45, 2.75) is 31.6 Å². The number of aromatic nitrogens is 1. The summed E-state index contributed by atoms with van der Waals surface area (Å²) < 4.78 is 0. The minimum absolute atomic E-state index is 0. The lowest BCUT2D eigenvalue weighted by molar-refractivity contribution is 0.642. The van der Waals surface area contributed by atoms with Crippen molar-refractivity contribution in [1.82, 2.24) is 15.6 Å². The van der Waals surface area contributed by atoms with E-state index in [1.807, 2.05) is 25.4 Å². The monoisotopic (exact) mass is 484 g/mol. The highest BCUT2D eigenvalue weighted by atomic mass is 127. The van der Waals surface area contributed by atoms with Gasteiger partial charge < -0.3 is 10.6 Å². The largest absolute Gasteiger partial charge is 0.356 e. The molecule has 4 nitrogen and oxygen atoms in total. The first kappa shape index (κ1) is 21.0. The lowest BCUT2D eigenvalue weighted by Crippen LogP contribution is -2.42. The molecule has 1 fully saturated rings. The number of aryl methyl sites for hydroxylation is 1. The van der Waals surface area contributed by atoms with E-state index < -0.39 is 0 Å². The van der Waals surface area contributed by atoms with Gasteiger partial charge in [-0.05, 0) is 48.9 Å². The van der Waals surface area contributed by atoms with Crippen LogP contribution in [0.1, 0.15) is 29.5 Å². The van der Waals surface area contributed by atoms with Crippen LogP contribution < -0.4 is 10.6 Å². The lowest BCUT2D eigenvalue weighted by Gasteiger charge is -2.20. The van der Waals surface area contributed by atoms with Gasteiger partial charge in [-0.2, -0.15) is 0 Å². The third kappa shape index (κ3) is 5.33. The number of nitrogens with zero attached hydrogens (tertiary/aromatic N) is 2. The molecule has 1 saturated carbocycles. The number of aliphatic imine (C=N–C) groups is 1. The van der Waals surface area contributed by atoms with E-state index in [1.165, 1.54) is 24.0 Å². The Kier molecular flexibility index (Phi) is 7.70. The molecule has 26 heavy (non-hydrogen) atoms. The Morgan fingerprint density at radius 3 is 2.58 bits per heavy atom. The van der Waals surface area contributed by atoms with Gasteiger partial charge in [0.2, 0.25) is 0 Å². The Bertz CT molecular complexity index is 742. The zero-order valence-electron chi connectivity index (χ0n) is 15.3. The molecular weight excluding hydrogens is 459 g/mol. The SMILES string of the molecule is CN=C(NCCc1ccc(Cl)nc1)NCC1(c2ccccc2C)CC1.I. The maximum absolute atomic E-state index is 5.81. The molecule has 3 rings (SSSR count). The number of hydrogen-bond donors (Lipinski definition) is 2. The summed E-state index contributed by atoms with van der Waals surface area (Å²) in [6, 6.07) is 12.5. The fourth-order valence-corrected chi connectivity index (χ4v) is 3.33. The molecule has 0 bridgehead atoms. The van der Waals surface area contributed by atoms with Gasteiger partial charge in [0.15, 0.2) is 5.96 Å². The summed E-state index contributed by atoms with van der Waals surface area (Å²) in [5.41, 5.74) is 4.26. The van der Waals surface area contributed by atoms with Gasteiger partial charge in [-0.1, -0.05) is 41.9 Å². The highest BCUT2D eigenvalue weighted by Crippen LogP contribution is 2.48. The molecule has 0 spiro atoms. The van der Waals surface area contributed by atoms with Gasteiger partial charge in [0.25, 0.3) is 0 Å². The summed E-state index contributed by atoms with van der Waals surface area (Å²) in [5, 5.41) is 7.40. The second-order valence-electron chi connectivity index (χ2n) is 6.69. The molecule has 0 amide bonds. The zero-order chi connectivity index (χ0) is 17.7. The van der Waals surface area contributed by atoms with Crippen molar-refractivity contribution in [3.63, 3.8) is 0 Å². The Balaban J connectivity index is 0.00000243.